The average Bonchev–Trinajstić information content (AvgIpc) is 2.27. The number of rotatable bonds is 5. The first kappa shape index (κ1) is 14.3. The van der Waals surface area contributed by atoms with Gasteiger partial charge in [0.25, 0.3) is 0 Å². The molecule has 0 aliphatic rings. The Kier molecular flexibility index (Phi) is 5.29. The number of nitrogens with one attached hydrogen (secondary N) is 1. The lowest BCUT2D eigenvalue weighted by Gasteiger charge is -2.25. The third-order valence-electron chi connectivity index (χ3n) is 3.03. The van der Waals surface area contributed by atoms with E-state index in [0.717, 1.165) is 16.3 Å². The summed E-state index contributed by atoms with van der Waals surface area (Å²) < 4.78 is 5.39. The average molecular weight is 256 g/mol. The minimum atomic E-state index is 0.353. The minimum absolute atomic E-state index is 0.353. The van der Waals surface area contributed by atoms with E-state index in [2.05, 4.69) is 33.0 Å². The Hall–Kier alpha value is -0.730. The van der Waals surface area contributed by atoms with E-state index in [4.69, 9.17) is 16.3 Å². The summed E-state index contributed by atoms with van der Waals surface area (Å²) in [6, 6.07) is 6.62. The lowest BCUT2D eigenvalue weighted by molar-refractivity contribution is 0.390. The highest BCUT2D eigenvalue weighted by atomic mass is 35.5. The Labute approximate surface area is 109 Å². The molecule has 0 heterocycles. The molecule has 1 rings (SSSR count). The Bertz CT molecular complexity index is 365. The van der Waals surface area contributed by atoms with Crippen molar-refractivity contribution in [1.82, 2.24) is 5.32 Å². The summed E-state index contributed by atoms with van der Waals surface area (Å²) >= 11 is 6.05. The normalized spacial score (nSPS) is 14.8. The monoisotopic (exact) mass is 255 g/mol. The Morgan fingerprint density at radius 3 is 2.35 bits per heavy atom. The third-order valence-corrected chi connectivity index (χ3v) is 3.26. The molecule has 17 heavy (non-hydrogen) atoms. The van der Waals surface area contributed by atoms with Crippen molar-refractivity contribution < 1.29 is 4.74 Å². The van der Waals surface area contributed by atoms with Crippen molar-refractivity contribution in [2.45, 2.75) is 45.7 Å². The van der Waals surface area contributed by atoms with Gasteiger partial charge in [-0.15, -0.1) is 0 Å². The first-order valence-corrected chi connectivity index (χ1v) is 6.43. The van der Waals surface area contributed by atoms with Crippen LogP contribution in [-0.4, -0.2) is 19.2 Å². The van der Waals surface area contributed by atoms with Crippen molar-refractivity contribution in [3.63, 3.8) is 0 Å². The standard InChI is InChI=1S/C14H22ClNO/c1-9(2)16-11(4)10(3)13-8-12(15)6-7-14(13)17-5/h6-11,16H,1-5H3. The van der Waals surface area contributed by atoms with Gasteiger partial charge < -0.3 is 10.1 Å². The molecule has 0 aliphatic heterocycles. The molecule has 0 aliphatic carbocycles. The van der Waals surface area contributed by atoms with Crippen LogP contribution >= 0.6 is 11.6 Å². The van der Waals surface area contributed by atoms with Gasteiger partial charge in [-0.05, 0) is 36.6 Å². The summed E-state index contributed by atoms with van der Waals surface area (Å²) in [6.45, 7) is 8.68. The summed E-state index contributed by atoms with van der Waals surface area (Å²) in [5.41, 5.74) is 1.15. The van der Waals surface area contributed by atoms with E-state index < -0.39 is 0 Å². The van der Waals surface area contributed by atoms with Crippen molar-refractivity contribution in [2.24, 2.45) is 0 Å². The molecule has 1 N–H and O–H groups in total. The zero-order valence-corrected chi connectivity index (χ0v) is 12.0. The van der Waals surface area contributed by atoms with Crippen LogP contribution in [0.2, 0.25) is 5.02 Å². The number of ether oxygens (including phenoxy) is 1. The molecule has 0 amide bonds. The van der Waals surface area contributed by atoms with Crippen LogP contribution in [0.25, 0.3) is 0 Å². The molecule has 0 saturated heterocycles. The molecule has 1 aromatic carbocycles. The van der Waals surface area contributed by atoms with Gasteiger partial charge in [0, 0.05) is 17.1 Å². The molecular weight excluding hydrogens is 234 g/mol. The molecule has 0 bridgehead atoms. The molecule has 2 nitrogen and oxygen atoms in total. The SMILES string of the molecule is COc1ccc(Cl)cc1C(C)C(C)NC(C)C. The first-order chi connectivity index (χ1) is 7.95. The quantitative estimate of drug-likeness (QED) is 0.863. The second-order valence-electron chi connectivity index (χ2n) is 4.78. The van der Waals surface area contributed by atoms with Gasteiger partial charge in [0.15, 0.2) is 0 Å². The molecule has 0 fully saturated rings. The van der Waals surface area contributed by atoms with Crippen molar-refractivity contribution in [3.8, 4) is 5.75 Å². The van der Waals surface area contributed by atoms with Crippen LogP contribution in [-0.2, 0) is 0 Å². The molecule has 96 valence electrons. The molecular formula is C14H22ClNO. The van der Waals surface area contributed by atoms with Gasteiger partial charge in [-0.1, -0.05) is 32.4 Å². The van der Waals surface area contributed by atoms with Crippen molar-refractivity contribution in [1.29, 1.82) is 0 Å². The Balaban J connectivity index is 2.93. The van der Waals surface area contributed by atoms with E-state index in [-0.39, 0.29) is 0 Å². The van der Waals surface area contributed by atoms with Crippen LogP contribution in [0, 0.1) is 0 Å². The first-order valence-electron chi connectivity index (χ1n) is 6.05. The second kappa shape index (κ2) is 6.27. The number of hydrogen-bond acceptors (Lipinski definition) is 2. The Morgan fingerprint density at radius 1 is 1.18 bits per heavy atom. The second-order valence-corrected chi connectivity index (χ2v) is 5.22. The van der Waals surface area contributed by atoms with Crippen molar-refractivity contribution in [2.75, 3.05) is 7.11 Å². The predicted octanol–water partition coefficient (Wildman–Crippen LogP) is 3.84. The summed E-state index contributed by atoms with van der Waals surface area (Å²) in [6.07, 6.45) is 0. The number of benzene rings is 1. The Morgan fingerprint density at radius 2 is 1.82 bits per heavy atom. The van der Waals surface area contributed by atoms with E-state index in [1.165, 1.54) is 0 Å². The van der Waals surface area contributed by atoms with Gasteiger partial charge in [-0.2, -0.15) is 0 Å². The lowest BCUT2D eigenvalue weighted by atomic mass is 9.93. The zero-order valence-electron chi connectivity index (χ0n) is 11.3. The van der Waals surface area contributed by atoms with Gasteiger partial charge in [-0.25, -0.2) is 0 Å². The number of hydrogen-bond donors (Lipinski definition) is 1. The minimum Gasteiger partial charge on any atom is -0.496 e. The summed E-state index contributed by atoms with van der Waals surface area (Å²) in [5.74, 6) is 1.25. The van der Waals surface area contributed by atoms with Gasteiger partial charge in [0.05, 0.1) is 7.11 Å². The van der Waals surface area contributed by atoms with Crippen LogP contribution in [0.1, 0.15) is 39.2 Å². The highest BCUT2D eigenvalue weighted by Gasteiger charge is 2.18. The van der Waals surface area contributed by atoms with E-state index in [9.17, 15) is 0 Å². The zero-order chi connectivity index (χ0) is 13.0. The molecule has 3 heteroatoms. The number of methoxy groups -OCH3 is 1. The fourth-order valence-electron chi connectivity index (χ4n) is 2.00. The molecule has 0 aromatic heterocycles. The summed E-state index contributed by atoms with van der Waals surface area (Å²) in [4.78, 5) is 0. The maximum Gasteiger partial charge on any atom is 0.122 e. The van der Waals surface area contributed by atoms with E-state index in [0.29, 0.717) is 18.0 Å². The van der Waals surface area contributed by atoms with Crippen LogP contribution in [0.15, 0.2) is 18.2 Å². The molecule has 1 aromatic rings. The van der Waals surface area contributed by atoms with E-state index in [1.54, 1.807) is 7.11 Å². The van der Waals surface area contributed by atoms with Gasteiger partial charge in [0.2, 0.25) is 0 Å². The van der Waals surface area contributed by atoms with Crippen LogP contribution < -0.4 is 10.1 Å². The molecule has 2 atom stereocenters. The molecule has 0 saturated carbocycles. The summed E-state index contributed by atoms with van der Waals surface area (Å²) in [7, 11) is 1.69. The molecule has 0 spiro atoms. The van der Waals surface area contributed by atoms with Crippen molar-refractivity contribution in [3.05, 3.63) is 28.8 Å². The maximum absolute atomic E-state index is 6.05. The number of halogens is 1. The smallest absolute Gasteiger partial charge is 0.122 e. The topological polar surface area (TPSA) is 21.3 Å². The van der Waals surface area contributed by atoms with E-state index in [1.807, 2.05) is 18.2 Å². The van der Waals surface area contributed by atoms with Crippen LogP contribution in [0.4, 0.5) is 0 Å². The van der Waals surface area contributed by atoms with Gasteiger partial charge in [-0.3, -0.25) is 0 Å². The third kappa shape index (κ3) is 3.90. The van der Waals surface area contributed by atoms with Crippen LogP contribution in [0.5, 0.6) is 5.75 Å². The highest BCUT2D eigenvalue weighted by Crippen LogP contribution is 2.31. The molecule has 2 unspecified atom stereocenters. The maximum atomic E-state index is 6.05. The van der Waals surface area contributed by atoms with Gasteiger partial charge in [0.1, 0.15) is 5.75 Å². The predicted molar refractivity (Wildman–Crippen MR) is 74.2 cm³/mol. The van der Waals surface area contributed by atoms with Crippen LogP contribution in [0.3, 0.4) is 0 Å². The lowest BCUT2D eigenvalue weighted by Crippen LogP contribution is -2.36. The fourth-order valence-corrected chi connectivity index (χ4v) is 2.18. The van der Waals surface area contributed by atoms with E-state index >= 15 is 0 Å². The molecule has 0 radical (unpaired) electrons. The van der Waals surface area contributed by atoms with Gasteiger partial charge >= 0.3 is 0 Å². The highest BCUT2D eigenvalue weighted by molar-refractivity contribution is 6.30. The summed E-state index contributed by atoms with van der Waals surface area (Å²) in [5, 5.41) is 4.27. The largest absolute Gasteiger partial charge is 0.496 e. The fraction of sp³-hybridized carbons (Fsp3) is 0.571. The van der Waals surface area contributed by atoms with Crippen molar-refractivity contribution >= 4 is 11.6 Å².